The Bertz CT molecular complexity index is 965. The van der Waals surface area contributed by atoms with E-state index in [0.717, 1.165) is 23.5 Å². The Labute approximate surface area is 196 Å². The molecule has 1 atom stereocenters. The third-order valence-electron chi connectivity index (χ3n) is 6.34. The molecule has 5 nitrogen and oxygen atoms in total. The molecule has 174 valence electrons. The van der Waals surface area contributed by atoms with E-state index in [1.54, 1.807) is 24.3 Å². The quantitative estimate of drug-likeness (QED) is 0.513. The highest BCUT2D eigenvalue weighted by molar-refractivity contribution is 5.98. The first-order chi connectivity index (χ1) is 16.1. The van der Waals surface area contributed by atoms with E-state index < -0.39 is 24.3 Å². The van der Waals surface area contributed by atoms with Crippen LogP contribution in [0.2, 0.25) is 0 Å². The van der Waals surface area contributed by atoms with Gasteiger partial charge in [-0.1, -0.05) is 62.5 Å². The molecule has 1 fully saturated rings. The van der Waals surface area contributed by atoms with Crippen LogP contribution in [0.25, 0.3) is 0 Å². The standard InChI is InChI=1S/C28H34N2O3/c29-19-26(27(32)20-31)30-28(33)25-17-15-24(16-18-25)14-13-23-11-9-22(10-12-23)8-4-7-21-5-2-1-3-6-21/h9-12,15-18,21,26,31H,1-8,19-20,29H2,(H,30,33)/t26-/m0/s1. The third-order valence-corrected chi connectivity index (χ3v) is 6.34. The maximum Gasteiger partial charge on any atom is 0.251 e. The molecule has 0 radical (unpaired) electrons. The van der Waals surface area contributed by atoms with Gasteiger partial charge in [0, 0.05) is 23.2 Å². The van der Waals surface area contributed by atoms with Crippen LogP contribution < -0.4 is 11.1 Å². The number of nitrogens with one attached hydrogen (secondary N) is 1. The average Bonchev–Trinajstić information content (AvgIpc) is 2.87. The summed E-state index contributed by atoms with van der Waals surface area (Å²) in [6.45, 7) is -0.716. The van der Waals surface area contributed by atoms with Gasteiger partial charge in [-0.25, -0.2) is 0 Å². The molecule has 0 heterocycles. The van der Waals surface area contributed by atoms with Gasteiger partial charge in [-0.2, -0.15) is 0 Å². The Morgan fingerprint density at radius 1 is 0.970 bits per heavy atom. The van der Waals surface area contributed by atoms with Gasteiger partial charge in [-0.3, -0.25) is 9.59 Å². The number of carbonyl (C=O) groups is 2. The zero-order valence-corrected chi connectivity index (χ0v) is 19.2. The lowest BCUT2D eigenvalue weighted by Crippen LogP contribution is -2.46. The lowest BCUT2D eigenvalue weighted by atomic mass is 9.85. The smallest absolute Gasteiger partial charge is 0.251 e. The van der Waals surface area contributed by atoms with Crippen molar-refractivity contribution in [3.05, 3.63) is 70.8 Å². The molecule has 0 saturated heterocycles. The molecule has 0 aromatic heterocycles. The minimum absolute atomic E-state index is 0.0615. The molecule has 2 aromatic rings. The molecule has 3 rings (SSSR count). The zero-order chi connectivity index (χ0) is 23.5. The summed E-state index contributed by atoms with van der Waals surface area (Å²) in [5.74, 6) is 6.31. The van der Waals surface area contributed by atoms with E-state index in [1.807, 2.05) is 0 Å². The van der Waals surface area contributed by atoms with Crippen LogP contribution >= 0.6 is 0 Å². The summed E-state index contributed by atoms with van der Waals surface area (Å²) >= 11 is 0. The number of aliphatic hydroxyl groups excluding tert-OH is 1. The number of benzene rings is 2. The van der Waals surface area contributed by atoms with Gasteiger partial charge in [-0.05, 0) is 60.7 Å². The van der Waals surface area contributed by atoms with E-state index >= 15 is 0 Å². The molecule has 33 heavy (non-hydrogen) atoms. The molecule has 1 amide bonds. The second-order valence-corrected chi connectivity index (χ2v) is 8.81. The normalized spacial score (nSPS) is 14.7. The molecule has 0 spiro atoms. The van der Waals surface area contributed by atoms with Crippen LogP contribution in [0.3, 0.4) is 0 Å². The summed E-state index contributed by atoms with van der Waals surface area (Å²) in [5.41, 5.74) is 9.02. The summed E-state index contributed by atoms with van der Waals surface area (Å²) in [6.07, 6.45) is 10.8. The summed E-state index contributed by atoms with van der Waals surface area (Å²) in [6, 6.07) is 14.4. The SMILES string of the molecule is NC[C@H](NC(=O)c1ccc(C#Cc2ccc(CCCC3CCCCC3)cc2)cc1)C(=O)CO. The Morgan fingerprint density at radius 3 is 2.15 bits per heavy atom. The molecule has 1 aliphatic rings. The first-order valence-electron chi connectivity index (χ1n) is 11.9. The fourth-order valence-electron chi connectivity index (χ4n) is 4.30. The number of nitrogens with two attached hydrogens (primary N) is 1. The number of carbonyl (C=O) groups excluding carboxylic acids is 2. The van der Waals surface area contributed by atoms with Crippen molar-refractivity contribution in [2.75, 3.05) is 13.2 Å². The second kappa shape index (κ2) is 12.9. The monoisotopic (exact) mass is 446 g/mol. The minimum Gasteiger partial charge on any atom is -0.388 e. The van der Waals surface area contributed by atoms with Gasteiger partial charge >= 0.3 is 0 Å². The number of hydrogen-bond acceptors (Lipinski definition) is 4. The molecule has 5 heteroatoms. The molecule has 0 unspecified atom stereocenters. The Morgan fingerprint density at radius 2 is 1.58 bits per heavy atom. The summed E-state index contributed by atoms with van der Waals surface area (Å²) in [5, 5.41) is 11.5. The number of aryl methyl sites for hydroxylation is 1. The van der Waals surface area contributed by atoms with E-state index in [2.05, 4.69) is 41.4 Å². The topological polar surface area (TPSA) is 92.4 Å². The van der Waals surface area contributed by atoms with Crippen molar-refractivity contribution in [3.8, 4) is 11.8 Å². The minimum atomic E-state index is -0.891. The van der Waals surface area contributed by atoms with Gasteiger partial charge < -0.3 is 16.2 Å². The highest BCUT2D eigenvalue weighted by Crippen LogP contribution is 2.27. The molecule has 0 aliphatic heterocycles. The van der Waals surface area contributed by atoms with Gasteiger partial charge in [0.2, 0.25) is 0 Å². The van der Waals surface area contributed by atoms with Gasteiger partial charge in [-0.15, -0.1) is 0 Å². The largest absolute Gasteiger partial charge is 0.388 e. The van der Waals surface area contributed by atoms with E-state index in [4.69, 9.17) is 10.8 Å². The van der Waals surface area contributed by atoms with E-state index in [-0.39, 0.29) is 6.54 Å². The van der Waals surface area contributed by atoms with Gasteiger partial charge in [0.15, 0.2) is 5.78 Å². The van der Waals surface area contributed by atoms with Crippen LogP contribution in [0.1, 0.15) is 72.0 Å². The van der Waals surface area contributed by atoms with Crippen LogP contribution in [0.5, 0.6) is 0 Å². The molecular weight excluding hydrogens is 412 g/mol. The Hall–Kier alpha value is -2.94. The van der Waals surface area contributed by atoms with Crippen LogP contribution in [0.4, 0.5) is 0 Å². The van der Waals surface area contributed by atoms with Crippen LogP contribution in [-0.4, -0.2) is 36.0 Å². The third kappa shape index (κ3) is 7.85. The average molecular weight is 447 g/mol. The summed E-state index contributed by atoms with van der Waals surface area (Å²) in [4.78, 5) is 23.8. The van der Waals surface area contributed by atoms with E-state index in [9.17, 15) is 9.59 Å². The number of aliphatic hydroxyl groups is 1. The van der Waals surface area contributed by atoms with Crippen molar-refractivity contribution in [1.29, 1.82) is 0 Å². The van der Waals surface area contributed by atoms with E-state index in [0.29, 0.717) is 5.56 Å². The van der Waals surface area contributed by atoms with Crippen molar-refractivity contribution >= 4 is 11.7 Å². The van der Waals surface area contributed by atoms with Crippen molar-refractivity contribution in [2.24, 2.45) is 11.7 Å². The van der Waals surface area contributed by atoms with E-state index in [1.165, 1.54) is 50.5 Å². The zero-order valence-electron chi connectivity index (χ0n) is 19.2. The number of hydrogen-bond donors (Lipinski definition) is 3. The molecule has 4 N–H and O–H groups in total. The predicted octanol–water partition coefficient (Wildman–Crippen LogP) is 3.61. The molecular formula is C28H34N2O3. The fraction of sp³-hybridized carbons (Fsp3) is 0.429. The molecule has 2 aromatic carbocycles. The first kappa shape index (κ1) is 24.7. The maximum absolute atomic E-state index is 12.3. The van der Waals surface area contributed by atoms with Crippen molar-refractivity contribution in [2.45, 2.75) is 57.4 Å². The van der Waals surface area contributed by atoms with Crippen molar-refractivity contribution < 1.29 is 14.7 Å². The van der Waals surface area contributed by atoms with Crippen LogP contribution in [-0.2, 0) is 11.2 Å². The number of amides is 1. The fourth-order valence-corrected chi connectivity index (χ4v) is 4.30. The Balaban J connectivity index is 1.50. The maximum atomic E-state index is 12.3. The molecule has 1 saturated carbocycles. The Kier molecular flexibility index (Phi) is 9.68. The highest BCUT2D eigenvalue weighted by atomic mass is 16.3. The lowest BCUT2D eigenvalue weighted by molar-refractivity contribution is -0.123. The molecule has 1 aliphatic carbocycles. The number of ketones is 1. The van der Waals surface area contributed by atoms with Crippen LogP contribution in [0.15, 0.2) is 48.5 Å². The van der Waals surface area contributed by atoms with Gasteiger partial charge in [0.25, 0.3) is 5.91 Å². The summed E-state index contributed by atoms with van der Waals surface area (Å²) in [7, 11) is 0. The van der Waals surface area contributed by atoms with Crippen molar-refractivity contribution in [3.63, 3.8) is 0 Å². The number of Topliss-reactive ketones (excluding diaryl/α,β-unsaturated/α-hetero) is 1. The lowest BCUT2D eigenvalue weighted by Gasteiger charge is -2.21. The van der Waals surface area contributed by atoms with Gasteiger partial charge in [0.1, 0.15) is 12.6 Å². The predicted molar refractivity (Wildman–Crippen MR) is 131 cm³/mol. The second-order valence-electron chi connectivity index (χ2n) is 8.81. The van der Waals surface area contributed by atoms with Crippen molar-refractivity contribution in [1.82, 2.24) is 5.32 Å². The first-order valence-corrected chi connectivity index (χ1v) is 11.9. The van der Waals surface area contributed by atoms with Gasteiger partial charge in [0.05, 0.1) is 0 Å². The van der Waals surface area contributed by atoms with Crippen LogP contribution in [0, 0.1) is 17.8 Å². The molecule has 0 bridgehead atoms. The number of rotatable bonds is 9. The summed E-state index contributed by atoms with van der Waals surface area (Å²) < 4.78 is 0. The highest BCUT2D eigenvalue weighted by Gasteiger charge is 2.18.